The predicted octanol–water partition coefficient (Wildman–Crippen LogP) is 3.27. The van der Waals surface area contributed by atoms with Crippen LogP contribution in [0, 0.1) is 0 Å². The zero-order chi connectivity index (χ0) is 30.3. The summed E-state index contributed by atoms with van der Waals surface area (Å²) in [6.45, 7) is 0.922. The lowest BCUT2D eigenvalue weighted by Gasteiger charge is -2.04. The van der Waals surface area contributed by atoms with Gasteiger partial charge in [0.15, 0.2) is 24.6 Å². The first-order chi connectivity index (χ1) is 21.5. The second-order valence-corrected chi connectivity index (χ2v) is 10.1. The molecule has 6 aromatic rings. The maximum Gasteiger partial charge on any atom is 0.286 e. The lowest BCUT2D eigenvalue weighted by Crippen LogP contribution is -2.26. The fourth-order valence-electron chi connectivity index (χ4n) is 4.71. The Balaban J connectivity index is 0.951. The molecule has 0 saturated heterocycles. The molecule has 11 nitrogen and oxygen atoms in total. The van der Waals surface area contributed by atoms with Crippen LogP contribution in [0.15, 0.2) is 125 Å². The van der Waals surface area contributed by atoms with Gasteiger partial charge >= 0.3 is 0 Å². The average molecular weight is 588 g/mol. The number of aryl methyl sites for hydroxylation is 2. The Hall–Kier alpha value is -5.97. The predicted molar refractivity (Wildman–Crippen MR) is 169 cm³/mol. The van der Waals surface area contributed by atoms with Gasteiger partial charge in [-0.25, -0.2) is 23.4 Å². The molecule has 4 aromatic heterocycles. The highest BCUT2D eigenvalue weighted by atomic mass is 16.5. The number of aromatic nitrogens is 4. The van der Waals surface area contributed by atoms with Gasteiger partial charge in [0.05, 0.1) is 38.9 Å². The van der Waals surface area contributed by atoms with Crippen molar-refractivity contribution in [2.24, 2.45) is 35.1 Å². The van der Waals surface area contributed by atoms with E-state index < -0.39 is 0 Å². The van der Waals surface area contributed by atoms with E-state index in [-0.39, 0.29) is 5.96 Å². The van der Waals surface area contributed by atoms with Crippen molar-refractivity contribution in [2.45, 2.75) is 13.2 Å². The van der Waals surface area contributed by atoms with Crippen molar-refractivity contribution in [1.29, 1.82) is 0 Å². The second kappa shape index (κ2) is 12.9. The Labute approximate surface area is 254 Å². The lowest BCUT2D eigenvalue weighted by molar-refractivity contribution is -0.511. The van der Waals surface area contributed by atoms with Gasteiger partial charge in [-0.3, -0.25) is 0 Å². The number of benzene rings is 2. The molecule has 2 aromatic carbocycles. The molecule has 0 unspecified atom stereocenters. The van der Waals surface area contributed by atoms with Gasteiger partial charge in [0.1, 0.15) is 23.9 Å². The molecule has 44 heavy (non-hydrogen) atoms. The topological polar surface area (TPSA) is 112 Å². The van der Waals surface area contributed by atoms with Crippen LogP contribution in [0.2, 0.25) is 0 Å². The van der Waals surface area contributed by atoms with Crippen molar-refractivity contribution in [3.05, 3.63) is 132 Å². The summed E-state index contributed by atoms with van der Waals surface area (Å²) < 4.78 is 20.3. The Morgan fingerprint density at radius 2 is 1.23 bits per heavy atom. The largest absolute Gasteiger partial charge is 0.485 e. The van der Waals surface area contributed by atoms with Crippen molar-refractivity contribution >= 4 is 29.7 Å². The lowest BCUT2D eigenvalue weighted by atomic mass is 10.2. The standard InChI is InChI=1S/C33H33N9O2/c1-39-27(21-41-17-5-3-7-31(39)41)23-43-29-13-9-25(10-14-29)19-35-37-33(34)38-36-20-26-11-15-30(16-12-26)44-24-28-22-42-18-6-4-8-32(42)40(28)2/h3-22H,23-24H2,1-2H3,(H3,34,37,38)/q+2. The minimum atomic E-state index is 0.0676. The smallest absolute Gasteiger partial charge is 0.286 e. The minimum Gasteiger partial charge on any atom is -0.485 e. The van der Waals surface area contributed by atoms with Crippen LogP contribution in [-0.4, -0.2) is 27.5 Å². The first-order valence-corrected chi connectivity index (χ1v) is 14.0. The number of fused-ring (bicyclic) bond motifs is 2. The molecule has 0 aliphatic heterocycles. The van der Waals surface area contributed by atoms with Gasteiger partial charge in [-0.1, -0.05) is 12.1 Å². The molecule has 0 aliphatic carbocycles. The third kappa shape index (κ3) is 6.57. The van der Waals surface area contributed by atoms with Crippen LogP contribution in [0.5, 0.6) is 11.5 Å². The Morgan fingerprint density at radius 1 is 0.727 bits per heavy atom. The van der Waals surface area contributed by atoms with Gasteiger partial charge in [0, 0.05) is 12.1 Å². The number of nitrogens with zero attached hydrogens (tertiary/aromatic N) is 7. The molecule has 220 valence electrons. The van der Waals surface area contributed by atoms with Crippen LogP contribution in [0.1, 0.15) is 22.5 Å². The molecule has 3 N–H and O–H groups in total. The zero-order valence-electron chi connectivity index (χ0n) is 24.5. The van der Waals surface area contributed by atoms with Crippen LogP contribution in [-0.2, 0) is 27.3 Å². The molecule has 0 bridgehead atoms. The molecule has 0 aliphatic rings. The summed E-state index contributed by atoms with van der Waals surface area (Å²) in [5, 5.41) is 12.1. The van der Waals surface area contributed by atoms with Crippen LogP contribution >= 0.6 is 0 Å². The van der Waals surface area contributed by atoms with Gasteiger partial charge in [0.25, 0.3) is 11.3 Å². The Bertz CT molecular complexity index is 1970. The molecule has 11 heteroatoms. The van der Waals surface area contributed by atoms with E-state index in [9.17, 15) is 0 Å². The Kier molecular flexibility index (Phi) is 8.26. The molecular formula is C33H33N9O2+2. The van der Waals surface area contributed by atoms with Crippen LogP contribution in [0.3, 0.4) is 0 Å². The summed E-state index contributed by atoms with van der Waals surface area (Å²) in [6.07, 6.45) is 11.4. The van der Waals surface area contributed by atoms with E-state index in [0.717, 1.165) is 45.3 Å². The minimum absolute atomic E-state index is 0.0676. The molecule has 6 rings (SSSR count). The molecule has 0 radical (unpaired) electrons. The quantitative estimate of drug-likeness (QED) is 0.111. The number of pyridine rings is 2. The average Bonchev–Trinajstić information content (AvgIpc) is 3.55. The third-order valence-corrected chi connectivity index (χ3v) is 7.16. The number of imidazole rings is 2. The SMILES string of the molecule is Cn1c(COc2ccc(C=NN=C(N)NN=Cc3ccc(OCc4c[n+]5ccccc5n4C)cc3)cc2)c[n+]2ccccc12. The fraction of sp³-hybridized carbons (Fsp3) is 0.121. The molecule has 0 atom stereocenters. The number of hydrogen-bond donors (Lipinski definition) is 2. The number of nitrogens with one attached hydrogen (secondary N) is 1. The molecular weight excluding hydrogens is 554 g/mol. The maximum atomic E-state index is 5.97. The first-order valence-electron chi connectivity index (χ1n) is 14.0. The van der Waals surface area contributed by atoms with Crippen molar-refractivity contribution in [3.63, 3.8) is 0 Å². The van der Waals surface area contributed by atoms with E-state index in [0.29, 0.717) is 13.2 Å². The van der Waals surface area contributed by atoms with Crippen molar-refractivity contribution in [1.82, 2.24) is 14.6 Å². The summed E-state index contributed by atoms with van der Waals surface area (Å²) in [7, 11) is 4.06. The summed E-state index contributed by atoms with van der Waals surface area (Å²) in [4.78, 5) is 0. The number of ether oxygens (including phenoxy) is 2. The fourth-order valence-corrected chi connectivity index (χ4v) is 4.71. The molecule has 4 heterocycles. The number of hydrogen-bond acceptors (Lipinski definition) is 5. The zero-order valence-corrected chi connectivity index (χ0v) is 24.5. The normalized spacial score (nSPS) is 12.1. The summed E-state index contributed by atoms with van der Waals surface area (Å²) in [5.41, 5.74) is 14.6. The summed E-state index contributed by atoms with van der Waals surface area (Å²) >= 11 is 0. The summed E-state index contributed by atoms with van der Waals surface area (Å²) in [5.74, 6) is 1.60. The Morgan fingerprint density at radius 3 is 1.73 bits per heavy atom. The molecule has 0 spiro atoms. The number of guanidine groups is 1. The summed E-state index contributed by atoms with van der Waals surface area (Å²) in [6, 6.07) is 27.4. The van der Waals surface area contributed by atoms with E-state index >= 15 is 0 Å². The van der Waals surface area contributed by atoms with Gasteiger partial charge in [-0.2, -0.15) is 10.2 Å². The van der Waals surface area contributed by atoms with E-state index in [1.54, 1.807) is 12.4 Å². The van der Waals surface area contributed by atoms with Crippen LogP contribution in [0.25, 0.3) is 11.3 Å². The van der Waals surface area contributed by atoms with E-state index in [4.69, 9.17) is 15.2 Å². The van der Waals surface area contributed by atoms with Gasteiger partial charge in [-0.15, -0.1) is 5.10 Å². The monoisotopic (exact) mass is 587 g/mol. The molecule has 0 saturated carbocycles. The van der Waals surface area contributed by atoms with Gasteiger partial charge in [-0.05, 0) is 71.8 Å². The molecule has 0 fully saturated rings. The van der Waals surface area contributed by atoms with Crippen LogP contribution < -0.4 is 29.4 Å². The van der Waals surface area contributed by atoms with E-state index in [1.807, 2.05) is 99.3 Å². The van der Waals surface area contributed by atoms with Crippen molar-refractivity contribution in [3.8, 4) is 11.5 Å². The van der Waals surface area contributed by atoms with Crippen LogP contribution in [0.4, 0.5) is 0 Å². The number of hydrazone groups is 1. The highest BCUT2D eigenvalue weighted by molar-refractivity contribution is 5.84. The molecule has 0 amide bonds. The second-order valence-electron chi connectivity index (χ2n) is 10.1. The number of nitrogens with two attached hydrogens (primary N) is 1. The first kappa shape index (κ1) is 28.2. The highest BCUT2D eigenvalue weighted by Crippen LogP contribution is 2.15. The maximum absolute atomic E-state index is 5.97. The van der Waals surface area contributed by atoms with Gasteiger partial charge < -0.3 is 15.2 Å². The van der Waals surface area contributed by atoms with Crippen molar-refractivity contribution in [2.75, 3.05) is 0 Å². The highest BCUT2D eigenvalue weighted by Gasteiger charge is 2.15. The van der Waals surface area contributed by atoms with Crippen molar-refractivity contribution < 1.29 is 18.3 Å². The van der Waals surface area contributed by atoms with E-state index in [1.165, 1.54) is 0 Å². The van der Waals surface area contributed by atoms with E-state index in [2.05, 4.69) is 63.2 Å². The number of rotatable bonds is 10. The van der Waals surface area contributed by atoms with Gasteiger partial charge in [0.2, 0.25) is 5.96 Å². The third-order valence-electron chi connectivity index (χ3n) is 7.16.